The SMILES string of the molecule is CCCCc1cc(C)c(N=Nc2c(C)cc(CCCC)cc2CCCC)c(CCCC)c1. The van der Waals surface area contributed by atoms with Crippen molar-refractivity contribution in [2.75, 3.05) is 0 Å². The van der Waals surface area contributed by atoms with Crippen LogP contribution >= 0.6 is 0 Å². The van der Waals surface area contributed by atoms with Crippen molar-refractivity contribution >= 4 is 11.4 Å². The molecule has 176 valence electrons. The first-order chi connectivity index (χ1) is 15.5. The number of benzene rings is 2. The molecule has 0 aliphatic heterocycles. The Labute approximate surface area is 198 Å². The van der Waals surface area contributed by atoms with Gasteiger partial charge < -0.3 is 0 Å². The predicted octanol–water partition coefficient (Wildman–Crippen LogP) is 10.1. The summed E-state index contributed by atoms with van der Waals surface area (Å²) in [5, 5.41) is 9.79. The molecule has 0 fully saturated rings. The van der Waals surface area contributed by atoms with Crippen LogP contribution in [-0.2, 0) is 25.7 Å². The first-order valence-corrected chi connectivity index (χ1v) is 13.2. The van der Waals surface area contributed by atoms with E-state index in [2.05, 4.69) is 65.8 Å². The van der Waals surface area contributed by atoms with Crippen molar-refractivity contribution in [1.29, 1.82) is 0 Å². The Hall–Kier alpha value is -1.96. The van der Waals surface area contributed by atoms with Gasteiger partial charge in [0.1, 0.15) is 0 Å². The van der Waals surface area contributed by atoms with E-state index in [-0.39, 0.29) is 0 Å². The van der Waals surface area contributed by atoms with Gasteiger partial charge in [-0.3, -0.25) is 0 Å². The van der Waals surface area contributed by atoms with Crippen LogP contribution in [-0.4, -0.2) is 0 Å². The average Bonchev–Trinajstić information content (AvgIpc) is 2.78. The quantitative estimate of drug-likeness (QED) is 0.264. The maximum absolute atomic E-state index is 4.90. The Morgan fingerprint density at radius 2 is 0.844 bits per heavy atom. The molecule has 2 aromatic rings. The summed E-state index contributed by atoms with van der Waals surface area (Å²) in [6.07, 6.45) is 14.3. The topological polar surface area (TPSA) is 24.7 Å². The molecule has 2 heteroatoms. The van der Waals surface area contributed by atoms with Gasteiger partial charge in [0, 0.05) is 0 Å². The highest BCUT2D eigenvalue weighted by Gasteiger charge is 2.11. The fourth-order valence-electron chi connectivity index (χ4n) is 4.42. The van der Waals surface area contributed by atoms with E-state index < -0.39 is 0 Å². The summed E-state index contributed by atoms with van der Waals surface area (Å²) in [4.78, 5) is 0. The molecule has 0 saturated heterocycles. The van der Waals surface area contributed by atoms with Gasteiger partial charge in [-0.05, 0) is 98.6 Å². The number of azo groups is 1. The molecule has 0 aromatic heterocycles. The minimum absolute atomic E-state index is 1.09. The third-order valence-electron chi connectivity index (χ3n) is 6.37. The van der Waals surface area contributed by atoms with Crippen LogP contribution in [0.5, 0.6) is 0 Å². The zero-order valence-corrected chi connectivity index (χ0v) is 21.7. The van der Waals surface area contributed by atoms with Gasteiger partial charge in [0.15, 0.2) is 0 Å². The van der Waals surface area contributed by atoms with Gasteiger partial charge in [0.05, 0.1) is 11.4 Å². The third kappa shape index (κ3) is 7.87. The van der Waals surface area contributed by atoms with Gasteiger partial charge in [-0.15, -0.1) is 10.2 Å². The molecular weight excluding hydrogens is 388 g/mol. The van der Waals surface area contributed by atoms with Crippen LogP contribution in [0.15, 0.2) is 34.5 Å². The van der Waals surface area contributed by atoms with E-state index in [9.17, 15) is 0 Å². The highest BCUT2D eigenvalue weighted by atomic mass is 15.1. The summed E-state index contributed by atoms with van der Waals surface area (Å²) in [6.45, 7) is 13.5. The van der Waals surface area contributed by atoms with Gasteiger partial charge in [0.2, 0.25) is 0 Å². The number of hydrogen-bond donors (Lipinski definition) is 0. The van der Waals surface area contributed by atoms with Crippen LogP contribution in [0.25, 0.3) is 0 Å². The lowest BCUT2D eigenvalue weighted by atomic mass is 9.96. The normalized spacial score (nSPS) is 11.6. The van der Waals surface area contributed by atoms with E-state index in [4.69, 9.17) is 10.2 Å². The standard InChI is InChI=1S/C30H46N2/c1-7-11-15-25-19-23(5)29(27(21-25)17-13-9-3)31-32-30-24(6)20-26(16-12-8-2)22-28(30)18-14-10-4/h19-22H,7-18H2,1-6H3. The molecule has 0 atom stereocenters. The number of hydrogen-bond acceptors (Lipinski definition) is 2. The largest absolute Gasteiger partial charge is 0.150 e. The molecule has 0 bridgehead atoms. The molecule has 0 unspecified atom stereocenters. The summed E-state index contributed by atoms with van der Waals surface area (Å²) in [6, 6.07) is 9.45. The zero-order valence-electron chi connectivity index (χ0n) is 21.7. The van der Waals surface area contributed by atoms with Crippen molar-refractivity contribution in [2.24, 2.45) is 10.2 Å². The van der Waals surface area contributed by atoms with E-state index in [1.807, 2.05) is 0 Å². The van der Waals surface area contributed by atoms with E-state index in [1.165, 1.54) is 84.7 Å². The molecule has 0 N–H and O–H groups in total. The molecule has 0 aliphatic rings. The zero-order chi connectivity index (χ0) is 23.3. The minimum Gasteiger partial charge on any atom is -0.150 e. The second-order valence-electron chi connectivity index (χ2n) is 9.46. The number of nitrogens with zero attached hydrogens (tertiary/aromatic N) is 2. The van der Waals surface area contributed by atoms with Gasteiger partial charge in [-0.25, -0.2) is 0 Å². The Morgan fingerprint density at radius 3 is 1.19 bits per heavy atom. The van der Waals surface area contributed by atoms with Crippen LogP contribution in [0.1, 0.15) is 112 Å². The highest BCUT2D eigenvalue weighted by Crippen LogP contribution is 2.33. The predicted molar refractivity (Wildman–Crippen MR) is 141 cm³/mol. The molecule has 0 radical (unpaired) electrons. The van der Waals surface area contributed by atoms with Gasteiger partial charge in [0.25, 0.3) is 0 Å². The summed E-state index contributed by atoms with van der Waals surface area (Å²) in [7, 11) is 0. The van der Waals surface area contributed by atoms with Crippen LogP contribution in [0.4, 0.5) is 11.4 Å². The molecule has 2 rings (SSSR count). The van der Waals surface area contributed by atoms with Crippen molar-refractivity contribution in [3.05, 3.63) is 57.6 Å². The van der Waals surface area contributed by atoms with Crippen LogP contribution in [0.3, 0.4) is 0 Å². The second kappa shape index (κ2) is 14.2. The molecule has 0 saturated carbocycles. The summed E-state index contributed by atoms with van der Waals surface area (Å²) in [5.41, 5.74) is 10.4. The maximum Gasteiger partial charge on any atom is 0.0918 e. The van der Waals surface area contributed by atoms with E-state index in [0.29, 0.717) is 0 Å². The third-order valence-corrected chi connectivity index (χ3v) is 6.37. The molecule has 2 aromatic carbocycles. The monoisotopic (exact) mass is 434 g/mol. The summed E-state index contributed by atoms with van der Waals surface area (Å²) >= 11 is 0. The van der Waals surface area contributed by atoms with E-state index in [0.717, 1.165) is 37.1 Å². The fourth-order valence-corrected chi connectivity index (χ4v) is 4.42. The maximum atomic E-state index is 4.90. The molecular formula is C30H46N2. The van der Waals surface area contributed by atoms with Crippen LogP contribution in [0.2, 0.25) is 0 Å². The van der Waals surface area contributed by atoms with Crippen molar-refractivity contribution in [2.45, 2.75) is 119 Å². The Balaban J connectivity index is 2.43. The molecule has 0 amide bonds. The lowest BCUT2D eigenvalue weighted by molar-refractivity contribution is 0.777. The number of unbranched alkanes of at least 4 members (excludes halogenated alkanes) is 4. The van der Waals surface area contributed by atoms with Crippen molar-refractivity contribution < 1.29 is 0 Å². The minimum atomic E-state index is 1.09. The summed E-state index contributed by atoms with van der Waals surface area (Å²) < 4.78 is 0. The first-order valence-electron chi connectivity index (χ1n) is 13.2. The Kier molecular flexibility index (Phi) is 11.7. The lowest BCUT2D eigenvalue weighted by Gasteiger charge is -2.14. The fraction of sp³-hybridized carbons (Fsp3) is 0.600. The van der Waals surface area contributed by atoms with E-state index >= 15 is 0 Å². The number of rotatable bonds is 14. The van der Waals surface area contributed by atoms with Crippen LogP contribution in [0, 0.1) is 13.8 Å². The lowest BCUT2D eigenvalue weighted by Crippen LogP contribution is -1.95. The van der Waals surface area contributed by atoms with Gasteiger partial charge in [-0.1, -0.05) is 77.6 Å². The molecule has 32 heavy (non-hydrogen) atoms. The second-order valence-corrected chi connectivity index (χ2v) is 9.46. The first kappa shape index (κ1) is 26.3. The van der Waals surface area contributed by atoms with E-state index in [1.54, 1.807) is 0 Å². The van der Waals surface area contributed by atoms with Crippen molar-refractivity contribution in [3.8, 4) is 0 Å². The molecule has 0 spiro atoms. The van der Waals surface area contributed by atoms with Gasteiger partial charge in [-0.2, -0.15) is 0 Å². The molecule has 0 aliphatic carbocycles. The smallest absolute Gasteiger partial charge is 0.0918 e. The number of aryl methyl sites for hydroxylation is 6. The molecule has 2 nitrogen and oxygen atoms in total. The molecule has 0 heterocycles. The Morgan fingerprint density at radius 1 is 0.500 bits per heavy atom. The Bertz CT molecular complexity index is 792. The van der Waals surface area contributed by atoms with Gasteiger partial charge >= 0.3 is 0 Å². The highest BCUT2D eigenvalue weighted by molar-refractivity contribution is 5.57. The van der Waals surface area contributed by atoms with Crippen LogP contribution < -0.4 is 0 Å². The summed E-state index contributed by atoms with van der Waals surface area (Å²) in [5.74, 6) is 0. The average molecular weight is 435 g/mol. The van der Waals surface area contributed by atoms with Crippen molar-refractivity contribution in [3.63, 3.8) is 0 Å². The van der Waals surface area contributed by atoms with Crippen molar-refractivity contribution in [1.82, 2.24) is 0 Å².